The molecule has 0 atom stereocenters. The van der Waals surface area contributed by atoms with Crippen molar-refractivity contribution in [2.75, 3.05) is 17.2 Å². The van der Waals surface area contributed by atoms with Crippen LogP contribution in [0.1, 0.15) is 42.1 Å². The number of amides is 1. The zero-order chi connectivity index (χ0) is 15.2. The molecule has 1 amide bonds. The number of nitrogens with one attached hydrogen (secondary N) is 2. The Hall–Kier alpha value is -2.37. The smallest absolute Gasteiger partial charge is 0.257 e. The van der Waals surface area contributed by atoms with E-state index < -0.39 is 0 Å². The second kappa shape index (κ2) is 6.88. The SMILES string of the molecule is CCCNc1cc(C(=O)Nc2cc(C)on2)cc(CC)n1. The minimum atomic E-state index is -0.222. The fourth-order valence-corrected chi connectivity index (χ4v) is 1.86. The molecule has 0 aliphatic heterocycles. The number of carbonyl (C=O) groups excluding carboxylic acids is 1. The monoisotopic (exact) mass is 288 g/mol. The fourth-order valence-electron chi connectivity index (χ4n) is 1.86. The molecule has 2 rings (SSSR count). The van der Waals surface area contributed by atoms with E-state index in [1.807, 2.05) is 6.92 Å². The summed E-state index contributed by atoms with van der Waals surface area (Å²) in [6, 6.07) is 5.21. The number of rotatable bonds is 6. The Balaban J connectivity index is 2.18. The molecule has 6 nitrogen and oxygen atoms in total. The van der Waals surface area contributed by atoms with E-state index in [-0.39, 0.29) is 5.91 Å². The number of nitrogens with zero attached hydrogens (tertiary/aromatic N) is 2. The number of aryl methyl sites for hydroxylation is 2. The third-order valence-corrected chi connectivity index (χ3v) is 2.93. The maximum atomic E-state index is 12.3. The fraction of sp³-hybridized carbons (Fsp3) is 0.400. The van der Waals surface area contributed by atoms with Crippen LogP contribution in [0.2, 0.25) is 0 Å². The number of carbonyl (C=O) groups is 1. The van der Waals surface area contributed by atoms with Gasteiger partial charge in [0.25, 0.3) is 5.91 Å². The van der Waals surface area contributed by atoms with Gasteiger partial charge in [0, 0.05) is 23.9 Å². The average molecular weight is 288 g/mol. The highest BCUT2D eigenvalue weighted by Crippen LogP contribution is 2.14. The second-order valence-electron chi connectivity index (χ2n) is 4.79. The van der Waals surface area contributed by atoms with E-state index in [2.05, 4.69) is 27.7 Å². The first-order valence-electron chi connectivity index (χ1n) is 7.12. The highest BCUT2D eigenvalue weighted by molar-refractivity contribution is 6.04. The Morgan fingerprint density at radius 3 is 2.67 bits per heavy atom. The number of hydrogen-bond acceptors (Lipinski definition) is 5. The van der Waals surface area contributed by atoms with Crippen LogP contribution in [0.3, 0.4) is 0 Å². The Morgan fingerprint density at radius 1 is 1.24 bits per heavy atom. The van der Waals surface area contributed by atoms with E-state index in [4.69, 9.17) is 4.52 Å². The van der Waals surface area contributed by atoms with Gasteiger partial charge in [-0.05, 0) is 31.9 Å². The van der Waals surface area contributed by atoms with Crippen LogP contribution in [-0.4, -0.2) is 22.6 Å². The van der Waals surface area contributed by atoms with Crippen molar-refractivity contribution in [2.24, 2.45) is 0 Å². The molecule has 0 saturated carbocycles. The molecule has 0 aromatic carbocycles. The predicted molar refractivity (Wildman–Crippen MR) is 81.6 cm³/mol. The summed E-state index contributed by atoms with van der Waals surface area (Å²) in [6.07, 6.45) is 1.77. The van der Waals surface area contributed by atoms with Crippen molar-refractivity contribution in [3.05, 3.63) is 35.2 Å². The molecule has 2 aromatic heterocycles. The molecule has 0 unspecified atom stereocenters. The summed E-state index contributed by atoms with van der Waals surface area (Å²) < 4.78 is 4.93. The number of anilines is 2. The summed E-state index contributed by atoms with van der Waals surface area (Å²) in [5, 5.41) is 9.68. The van der Waals surface area contributed by atoms with Gasteiger partial charge in [-0.3, -0.25) is 4.79 Å². The van der Waals surface area contributed by atoms with Crippen LogP contribution in [0.4, 0.5) is 11.6 Å². The Bertz CT molecular complexity index is 622. The molecular formula is C15H20N4O2. The van der Waals surface area contributed by atoms with Crippen LogP contribution < -0.4 is 10.6 Å². The summed E-state index contributed by atoms with van der Waals surface area (Å²) >= 11 is 0. The maximum absolute atomic E-state index is 12.3. The number of aromatic nitrogens is 2. The highest BCUT2D eigenvalue weighted by atomic mass is 16.5. The lowest BCUT2D eigenvalue weighted by molar-refractivity contribution is 0.102. The third kappa shape index (κ3) is 4.05. The van der Waals surface area contributed by atoms with Gasteiger partial charge in [-0.15, -0.1) is 0 Å². The summed E-state index contributed by atoms with van der Waals surface area (Å²) in [6.45, 7) is 6.69. The number of pyridine rings is 1. The van der Waals surface area contributed by atoms with E-state index in [1.54, 1.807) is 25.1 Å². The van der Waals surface area contributed by atoms with Crippen molar-refractivity contribution in [1.29, 1.82) is 0 Å². The first-order valence-corrected chi connectivity index (χ1v) is 7.12. The summed E-state index contributed by atoms with van der Waals surface area (Å²) in [7, 11) is 0. The van der Waals surface area contributed by atoms with Gasteiger partial charge in [-0.2, -0.15) is 0 Å². The van der Waals surface area contributed by atoms with Crippen LogP contribution in [0.15, 0.2) is 22.7 Å². The predicted octanol–water partition coefficient (Wildman–Crippen LogP) is 3.01. The molecule has 2 heterocycles. The summed E-state index contributed by atoms with van der Waals surface area (Å²) in [4.78, 5) is 16.7. The average Bonchev–Trinajstić information content (AvgIpc) is 2.89. The van der Waals surface area contributed by atoms with E-state index in [9.17, 15) is 4.79 Å². The first-order chi connectivity index (χ1) is 10.1. The molecule has 0 saturated heterocycles. The van der Waals surface area contributed by atoms with Crippen molar-refractivity contribution in [3.8, 4) is 0 Å². The van der Waals surface area contributed by atoms with Crippen LogP contribution in [-0.2, 0) is 6.42 Å². The van der Waals surface area contributed by atoms with Crippen molar-refractivity contribution in [3.63, 3.8) is 0 Å². The van der Waals surface area contributed by atoms with E-state index >= 15 is 0 Å². The minimum absolute atomic E-state index is 0.222. The van der Waals surface area contributed by atoms with Crippen molar-refractivity contribution in [1.82, 2.24) is 10.1 Å². The minimum Gasteiger partial charge on any atom is -0.370 e. The molecule has 2 aromatic rings. The Kier molecular flexibility index (Phi) is 4.92. The van der Waals surface area contributed by atoms with Crippen molar-refractivity contribution < 1.29 is 9.32 Å². The lowest BCUT2D eigenvalue weighted by Gasteiger charge is -2.09. The third-order valence-electron chi connectivity index (χ3n) is 2.93. The van der Waals surface area contributed by atoms with Crippen LogP contribution in [0.25, 0.3) is 0 Å². The van der Waals surface area contributed by atoms with Gasteiger partial charge >= 0.3 is 0 Å². The molecule has 0 aliphatic carbocycles. The van der Waals surface area contributed by atoms with Gasteiger partial charge in [0.05, 0.1) is 0 Å². The molecule has 0 aliphatic rings. The zero-order valence-electron chi connectivity index (χ0n) is 12.6. The molecule has 0 fully saturated rings. The normalized spacial score (nSPS) is 10.4. The van der Waals surface area contributed by atoms with Gasteiger partial charge in [-0.1, -0.05) is 19.0 Å². The molecular weight excluding hydrogens is 268 g/mol. The van der Waals surface area contributed by atoms with Gasteiger partial charge in [0.1, 0.15) is 11.6 Å². The van der Waals surface area contributed by atoms with Gasteiger partial charge in [0.2, 0.25) is 0 Å². The standard InChI is InChI=1S/C15H20N4O2/c1-4-6-16-13-9-11(8-12(5-2)17-13)15(20)18-14-7-10(3)21-19-14/h7-9H,4-6H2,1-3H3,(H,16,17)(H,18,19,20). The number of hydrogen-bond donors (Lipinski definition) is 2. The van der Waals surface area contributed by atoms with Gasteiger partial charge < -0.3 is 15.2 Å². The second-order valence-corrected chi connectivity index (χ2v) is 4.79. The quantitative estimate of drug-likeness (QED) is 0.854. The molecule has 21 heavy (non-hydrogen) atoms. The molecule has 2 N–H and O–H groups in total. The van der Waals surface area contributed by atoms with Crippen LogP contribution >= 0.6 is 0 Å². The highest BCUT2D eigenvalue weighted by Gasteiger charge is 2.11. The lowest BCUT2D eigenvalue weighted by atomic mass is 10.2. The van der Waals surface area contributed by atoms with Gasteiger partial charge in [-0.25, -0.2) is 4.98 Å². The molecule has 0 radical (unpaired) electrons. The maximum Gasteiger partial charge on any atom is 0.257 e. The molecule has 0 bridgehead atoms. The van der Waals surface area contributed by atoms with Crippen molar-refractivity contribution in [2.45, 2.75) is 33.6 Å². The lowest BCUT2D eigenvalue weighted by Crippen LogP contribution is -2.14. The topological polar surface area (TPSA) is 80.0 Å². The molecule has 6 heteroatoms. The largest absolute Gasteiger partial charge is 0.370 e. The van der Waals surface area contributed by atoms with Crippen LogP contribution in [0.5, 0.6) is 0 Å². The van der Waals surface area contributed by atoms with Crippen molar-refractivity contribution >= 4 is 17.5 Å². The van der Waals surface area contributed by atoms with E-state index in [0.29, 0.717) is 17.1 Å². The molecule has 0 spiro atoms. The first kappa shape index (κ1) is 15.0. The summed E-state index contributed by atoms with van der Waals surface area (Å²) in [5.41, 5.74) is 1.43. The van der Waals surface area contributed by atoms with E-state index in [0.717, 1.165) is 30.9 Å². The van der Waals surface area contributed by atoms with E-state index in [1.165, 1.54) is 0 Å². The van der Waals surface area contributed by atoms with Crippen LogP contribution in [0, 0.1) is 6.92 Å². The zero-order valence-corrected chi connectivity index (χ0v) is 12.6. The Labute approximate surface area is 123 Å². The van der Waals surface area contributed by atoms with Gasteiger partial charge in [0.15, 0.2) is 5.82 Å². The summed E-state index contributed by atoms with van der Waals surface area (Å²) in [5.74, 6) is 1.56. The Morgan fingerprint density at radius 2 is 2.05 bits per heavy atom. The molecule has 112 valence electrons.